The highest BCUT2D eigenvalue weighted by Gasteiger charge is 2.32. The van der Waals surface area contributed by atoms with Gasteiger partial charge in [-0.05, 0) is 48.7 Å². The van der Waals surface area contributed by atoms with E-state index in [1.54, 1.807) is 23.2 Å². The van der Waals surface area contributed by atoms with Crippen molar-refractivity contribution >= 4 is 22.1 Å². The van der Waals surface area contributed by atoms with Crippen LogP contribution in [0.3, 0.4) is 0 Å². The van der Waals surface area contributed by atoms with Crippen molar-refractivity contribution < 1.29 is 22.3 Å². The predicted octanol–water partition coefficient (Wildman–Crippen LogP) is 3.67. The smallest absolute Gasteiger partial charge is 0.285 e. The Morgan fingerprint density at radius 2 is 2.00 bits per heavy atom. The summed E-state index contributed by atoms with van der Waals surface area (Å²) < 4.78 is 53.2. The van der Waals surface area contributed by atoms with Gasteiger partial charge in [-0.3, -0.25) is 0 Å². The van der Waals surface area contributed by atoms with E-state index in [2.05, 4.69) is 9.50 Å². The van der Waals surface area contributed by atoms with Gasteiger partial charge in [0, 0.05) is 12.1 Å². The van der Waals surface area contributed by atoms with Crippen molar-refractivity contribution in [2.75, 3.05) is 20.3 Å². The van der Waals surface area contributed by atoms with E-state index in [0.717, 1.165) is 0 Å². The summed E-state index contributed by atoms with van der Waals surface area (Å²) in [5.41, 5.74) is 1.04. The fourth-order valence-corrected chi connectivity index (χ4v) is 4.18. The molecule has 0 atom stereocenters. The molecule has 30 heavy (non-hydrogen) atoms. The van der Waals surface area contributed by atoms with Crippen LogP contribution in [-0.4, -0.2) is 45.7 Å². The number of fused-ring (bicyclic) bond motifs is 1. The molecule has 0 aromatic heterocycles. The van der Waals surface area contributed by atoms with Gasteiger partial charge in [-0.25, -0.2) is 9.40 Å². The molecule has 0 saturated heterocycles. The molecule has 0 spiro atoms. The Bertz CT molecular complexity index is 1100. The second-order valence-corrected chi connectivity index (χ2v) is 8.67. The van der Waals surface area contributed by atoms with Gasteiger partial charge < -0.3 is 9.47 Å². The summed E-state index contributed by atoms with van der Waals surface area (Å²) >= 11 is 0. The maximum absolute atomic E-state index is 13.7. The Labute approximate surface area is 175 Å². The monoisotopic (exact) mass is 433 g/mol. The van der Waals surface area contributed by atoms with Gasteiger partial charge in [-0.2, -0.15) is 13.5 Å². The highest BCUT2D eigenvalue weighted by atomic mass is 32.2. The number of hydrogen-bond acceptors (Lipinski definition) is 6. The second kappa shape index (κ2) is 8.83. The molecule has 9 heteroatoms. The third-order valence-electron chi connectivity index (χ3n) is 4.29. The van der Waals surface area contributed by atoms with E-state index in [9.17, 15) is 12.8 Å². The third kappa shape index (κ3) is 4.62. The second-order valence-electron chi connectivity index (χ2n) is 7.10. The summed E-state index contributed by atoms with van der Waals surface area (Å²) in [4.78, 5) is 0.119. The Hall–Kier alpha value is -2.94. The zero-order valence-corrected chi connectivity index (χ0v) is 18.1. The third-order valence-corrected chi connectivity index (χ3v) is 5.62. The van der Waals surface area contributed by atoms with Crippen molar-refractivity contribution in [3.8, 4) is 11.5 Å². The maximum Gasteiger partial charge on any atom is 0.285 e. The first-order chi connectivity index (χ1) is 14.2. The minimum absolute atomic E-state index is 0.0989. The van der Waals surface area contributed by atoms with Crippen LogP contribution in [-0.2, 0) is 10.0 Å². The van der Waals surface area contributed by atoms with E-state index < -0.39 is 15.8 Å². The van der Waals surface area contributed by atoms with Gasteiger partial charge in [0.1, 0.15) is 10.6 Å². The lowest BCUT2D eigenvalue weighted by Gasteiger charge is -2.21. The zero-order chi connectivity index (χ0) is 21.9. The summed E-state index contributed by atoms with van der Waals surface area (Å²) in [6.07, 6.45) is 1.52. The van der Waals surface area contributed by atoms with E-state index in [0.29, 0.717) is 30.0 Å². The van der Waals surface area contributed by atoms with Gasteiger partial charge >= 0.3 is 0 Å². The van der Waals surface area contributed by atoms with Crippen molar-refractivity contribution in [3.05, 3.63) is 53.3 Å². The predicted molar refractivity (Wildman–Crippen MR) is 113 cm³/mol. The molecule has 160 valence electrons. The van der Waals surface area contributed by atoms with Crippen molar-refractivity contribution in [3.63, 3.8) is 0 Å². The first kappa shape index (κ1) is 21.8. The number of amidine groups is 1. The number of benzene rings is 2. The largest absolute Gasteiger partial charge is 0.494 e. The standard InChI is InChI=1S/C21H24FN3O4S/c1-5-29-16-7-9-20-17(11-16)21(24-30(20,26)27)25(13-14(2)3)23-12-15-6-8-18(22)19(10-15)28-4/h6-12,14H,5,13H2,1-4H3/b23-12+. The molecular formula is C21H24FN3O4S. The van der Waals surface area contributed by atoms with Gasteiger partial charge in [-0.15, -0.1) is 4.40 Å². The first-order valence-electron chi connectivity index (χ1n) is 9.52. The van der Waals surface area contributed by atoms with Crippen molar-refractivity contribution in [1.29, 1.82) is 0 Å². The van der Waals surface area contributed by atoms with Gasteiger partial charge in [0.05, 0.1) is 19.9 Å². The zero-order valence-electron chi connectivity index (χ0n) is 17.3. The average molecular weight is 434 g/mol. The molecular weight excluding hydrogens is 409 g/mol. The molecule has 1 heterocycles. The molecule has 2 aromatic carbocycles. The molecule has 0 amide bonds. The molecule has 0 N–H and O–H groups in total. The Balaban J connectivity index is 2.02. The molecule has 0 bridgehead atoms. The van der Waals surface area contributed by atoms with Crippen LogP contribution in [0, 0.1) is 11.7 Å². The molecule has 2 aromatic rings. The molecule has 0 fully saturated rings. The minimum Gasteiger partial charge on any atom is -0.494 e. The molecule has 1 aliphatic heterocycles. The number of ether oxygens (including phenoxy) is 2. The van der Waals surface area contributed by atoms with Gasteiger partial charge in [0.15, 0.2) is 17.4 Å². The summed E-state index contributed by atoms with van der Waals surface area (Å²) in [6.45, 7) is 6.72. The van der Waals surface area contributed by atoms with E-state index >= 15 is 0 Å². The van der Waals surface area contributed by atoms with Crippen LogP contribution in [0.5, 0.6) is 11.5 Å². The Morgan fingerprint density at radius 3 is 2.67 bits per heavy atom. The molecule has 7 nitrogen and oxygen atoms in total. The maximum atomic E-state index is 13.7. The number of rotatable bonds is 7. The lowest BCUT2D eigenvalue weighted by Crippen LogP contribution is -2.29. The van der Waals surface area contributed by atoms with Gasteiger partial charge in [0.2, 0.25) is 0 Å². The first-order valence-corrected chi connectivity index (χ1v) is 11.0. The number of sulfonamides is 1. The summed E-state index contributed by atoms with van der Waals surface area (Å²) in [7, 11) is -2.43. The van der Waals surface area contributed by atoms with E-state index in [4.69, 9.17) is 9.47 Å². The molecule has 0 saturated carbocycles. The van der Waals surface area contributed by atoms with Crippen LogP contribution < -0.4 is 9.47 Å². The number of hydrogen-bond donors (Lipinski definition) is 0. The van der Waals surface area contributed by atoms with E-state index in [1.807, 2.05) is 20.8 Å². The topological polar surface area (TPSA) is 80.6 Å². The lowest BCUT2D eigenvalue weighted by molar-refractivity contribution is 0.339. The van der Waals surface area contributed by atoms with Crippen molar-refractivity contribution in [2.24, 2.45) is 15.4 Å². The highest BCUT2D eigenvalue weighted by molar-refractivity contribution is 7.90. The fraction of sp³-hybridized carbons (Fsp3) is 0.333. The number of nitrogens with zero attached hydrogens (tertiary/aromatic N) is 3. The number of methoxy groups -OCH3 is 1. The average Bonchev–Trinajstić information content (AvgIpc) is 2.96. The fourth-order valence-electron chi connectivity index (χ4n) is 2.99. The van der Waals surface area contributed by atoms with Crippen LogP contribution >= 0.6 is 0 Å². The van der Waals surface area contributed by atoms with Crippen LogP contribution in [0.4, 0.5) is 4.39 Å². The van der Waals surface area contributed by atoms with E-state index in [1.165, 1.54) is 31.5 Å². The molecule has 0 radical (unpaired) electrons. The van der Waals surface area contributed by atoms with Gasteiger partial charge in [-0.1, -0.05) is 19.9 Å². The number of hydrazone groups is 1. The van der Waals surface area contributed by atoms with Crippen molar-refractivity contribution in [2.45, 2.75) is 25.7 Å². The lowest BCUT2D eigenvalue weighted by atomic mass is 10.1. The SMILES string of the molecule is CCOc1ccc2c(c1)C(N(CC(C)C)/N=C/c1ccc(F)c(OC)c1)=NS2(=O)=O. The highest BCUT2D eigenvalue weighted by Crippen LogP contribution is 2.31. The van der Waals surface area contributed by atoms with Crippen molar-refractivity contribution in [1.82, 2.24) is 5.01 Å². The Morgan fingerprint density at radius 1 is 1.23 bits per heavy atom. The molecule has 3 rings (SSSR count). The molecule has 0 unspecified atom stereocenters. The van der Waals surface area contributed by atoms with Crippen LogP contribution in [0.25, 0.3) is 0 Å². The van der Waals surface area contributed by atoms with Gasteiger partial charge in [0.25, 0.3) is 10.0 Å². The molecule has 1 aliphatic rings. The number of halogens is 1. The quantitative estimate of drug-likeness (QED) is 0.492. The van der Waals surface area contributed by atoms with Crippen LogP contribution in [0.15, 0.2) is 50.8 Å². The summed E-state index contributed by atoms with van der Waals surface area (Å²) in [5, 5.41) is 6.00. The Kier molecular flexibility index (Phi) is 6.40. The minimum atomic E-state index is -3.82. The van der Waals surface area contributed by atoms with Crippen LogP contribution in [0.1, 0.15) is 31.9 Å². The summed E-state index contributed by atoms with van der Waals surface area (Å²) in [5.74, 6) is 0.581. The van der Waals surface area contributed by atoms with E-state index in [-0.39, 0.29) is 22.4 Å². The molecule has 0 aliphatic carbocycles. The van der Waals surface area contributed by atoms with Crippen LogP contribution in [0.2, 0.25) is 0 Å². The summed E-state index contributed by atoms with van der Waals surface area (Å²) in [6, 6.07) is 9.12. The normalized spacial score (nSPS) is 14.7.